The molecule has 4 nitrogen and oxygen atoms in total. The average molecular weight is 313 g/mol. The lowest BCUT2D eigenvalue weighted by Gasteiger charge is -2.13. The fourth-order valence-corrected chi connectivity index (χ4v) is 5.35. The van der Waals surface area contributed by atoms with Crippen molar-refractivity contribution >= 4 is 31.4 Å². The van der Waals surface area contributed by atoms with E-state index in [4.69, 9.17) is 5.11 Å². The summed E-state index contributed by atoms with van der Waals surface area (Å²) in [6.45, 7) is 3.72. The van der Waals surface area contributed by atoms with E-state index >= 15 is 0 Å². The minimum Gasteiger partial charge on any atom is -0.396 e. The van der Waals surface area contributed by atoms with Crippen molar-refractivity contribution in [2.75, 3.05) is 6.61 Å². The van der Waals surface area contributed by atoms with Crippen LogP contribution in [0.5, 0.6) is 0 Å². The van der Waals surface area contributed by atoms with Gasteiger partial charge in [-0.15, -0.1) is 11.3 Å². The van der Waals surface area contributed by atoms with E-state index in [0.29, 0.717) is 17.7 Å². The maximum atomic E-state index is 12.5. The molecule has 0 amide bonds. The van der Waals surface area contributed by atoms with Crippen LogP contribution in [-0.4, -0.2) is 26.2 Å². The third-order valence-electron chi connectivity index (χ3n) is 3.13. The number of sulfonamides is 1. The van der Waals surface area contributed by atoms with E-state index in [-0.39, 0.29) is 12.6 Å². The Bertz CT molecular complexity index is 692. The Balaban J connectivity index is 2.34. The summed E-state index contributed by atoms with van der Waals surface area (Å²) in [5.74, 6) is 0. The van der Waals surface area contributed by atoms with E-state index in [2.05, 4.69) is 4.72 Å². The molecule has 0 saturated heterocycles. The van der Waals surface area contributed by atoms with Crippen LogP contribution in [0.1, 0.15) is 24.6 Å². The summed E-state index contributed by atoms with van der Waals surface area (Å²) in [4.78, 5) is 1.18. The zero-order chi connectivity index (χ0) is 14.8. The van der Waals surface area contributed by atoms with Crippen molar-refractivity contribution < 1.29 is 13.5 Å². The number of aliphatic hydroxyl groups excluding tert-OH is 1. The van der Waals surface area contributed by atoms with E-state index in [1.807, 2.05) is 38.1 Å². The van der Waals surface area contributed by atoms with Crippen LogP contribution in [0, 0.1) is 6.92 Å². The summed E-state index contributed by atoms with van der Waals surface area (Å²) in [7, 11) is -3.53. The molecule has 1 aromatic carbocycles. The summed E-state index contributed by atoms with van der Waals surface area (Å²) < 4.78 is 28.7. The Hall–Kier alpha value is -0.950. The lowest BCUT2D eigenvalue weighted by Crippen LogP contribution is -2.32. The molecule has 0 fully saturated rings. The summed E-state index contributed by atoms with van der Waals surface area (Å²) in [5, 5.41) is 9.58. The van der Waals surface area contributed by atoms with Crippen molar-refractivity contribution in [3.63, 3.8) is 0 Å². The molecule has 0 saturated carbocycles. The molecule has 0 aliphatic heterocycles. The van der Waals surface area contributed by atoms with E-state index in [1.54, 1.807) is 0 Å². The van der Waals surface area contributed by atoms with Crippen molar-refractivity contribution in [3.05, 3.63) is 29.1 Å². The third-order valence-corrected chi connectivity index (χ3v) is 6.13. The first kappa shape index (κ1) is 15.4. The Morgan fingerprint density at radius 3 is 2.75 bits per heavy atom. The smallest absolute Gasteiger partial charge is 0.242 e. The van der Waals surface area contributed by atoms with Gasteiger partial charge in [-0.25, -0.2) is 13.1 Å². The first-order valence-corrected chi connectivity index (χ1v) is 8.87. The molecule has 110 valence electrons. The van der Waals surface area contributed by atoms with Gasteiger partial charge in [0.1, 0.15) is 4.90 Å². The lowest BCUT2D eigenvalue weighted by atomic mass is 10.2. The fourth-order valence-electron chi connectivity index (χ4n) is 2.26. The Kier molecular flexibility index (Phi) is 4.80. The van der Waals surface area contributed by atoms with Gasteiger partial charge in [0.15, 0.2) is 0 Å². The van der Waals surface area contributed by atoms with Crippen LogP contribution in [0.25, 0.3) is 10.1 Å². The van der Waals surface area contributed by atoms with Gasteiger partial charge in [0.05, 0.1) is 0 Å². The predicted molar refractivity (Wildman–Crippen MR) is 82.7 cm³/mol. The molecule has 0 aliphatic rings. The summed E-state index contributed by atoms with van der Waals surface area (Å²) in [6, 6.07) is 7.34. The lowest BCUT2D eigenvalue weighted by molar-refractivity contribution is 0.279. The Morgan fingerprint density at radius 2 is 2.05 bits per heavy atom. The van der Waals surface area contributed by atoms with Crippen LogP contribution >= 0.6 is 11.3 Å². The molecule has 6 heteroatoms. The highest BCUT2D eigenvalue weighted by Crippen LogP contribution is 2.33. The molecular formula is C14H19NO3S2. The van der Waals surface area contributed by atoms with Crippen molar-refractivity contribution in [3.8, 4) is 0 Å². The van der Waals surface area contributed by atoms with E-state index in [1.165, 1.54) is 11.3 Å². The second-order valence-electron chi connectivity index (χ2n) is 4.87. The number of thiophene rings is 1. The maximum Gasteiger partial charge on any atom is 0.242 e. The summed E-state index contributed by atoms with van der Waals surface area (Å²) >= 11 is 1.49. The van der Waals surface area contributed by atoms with Gasteiger partial charge in [0.25, 0.3) is 0 Å². The normalized spacial score (nSPS) is 13.8. The highest BCUT2D eigenvalue weighted by molar-refractivity contribution is 7.90. The molecule has 0 spiro atoms. The monoisotopic (exact) mass is 313 g/mol. The molecule has 1 aromatic heterocycles. The number of fused-ring (bicyclic) bond motifs is 1. The number of hydrogen-bond donors (Lipinski definition) is 2. The molecule has 0 aliphatic carbocycles. The number of hydrogen-bond acceptors (Lipinski definition) is 4. The molecular weight excluding hydrogens is 294 g/mol. The van der Waals surface area contributed by atoms with Crippen molar-refractivity contribution in [2.45, 2.75) is 37.6 Å². The third kappa shape index (κ3) is 3.20. The van der Waals surface area contributed by atoms with Crippen LogP contribution in [-0.2, 0) is 10.0 Å². The van der Waals surface area contributed by atoms with Gasteiger partial charge in [0.2, 0.25) is 10.0 Å². The Labute approximate surface area is 123 Å². The van der Waals surface area contributed by atoms with Gasteiger partial charge in [-0.3, -0.25) is 0 Å². The standard InChI is InChI=1S/C14H19NO3S2/c1-10(6-5-9-16)15-20(17,18)14-11(2)19-13-8-4-3-7-12(13)14/h3-4,7-8,10,15-16H,5-6,9H2,1-2H3. The topological polar surface area (TPSA) is 66.4 Å². The summed E-state index contributed by atoms with van der Waals surface area (Å²) in [5.41, 5.74) is 0. The number of aryl methyl sites for hydroxylation is 1. The summed E-state index contributed by atoms with van der Waals surface area (Å²) in [6.07, 6.45) is 1.21. The van der Waals surface area contributed by atoms with Gasteiger partial charge < -0.3 is 5.11 Å². The minimum atomic E-state index is -3.53. The first-order valence-electron chi connectivity index (χ1n) is 6.57. The molecule has 20 heavy (non-hydrogen) atoms. The highest BCUT2D eigenvalue weighted by Gasteiger charge is 2.23. The molecule has 1 atom stereocenters. The van der Waals surface area contributed by atoms with Crippen LogP contribution in [0.3, 0.4) is 0 Å². The van der Waals surface area contributed by atoms with Crippen LogP contribution in [0.15, 0.2) is 29.2 Å². The van der Waals surface area contributed by atoms with Gasteiger partial charge in [-0.05, 0) is 32.8 Å². The number of rotatable bonds is 6. The number of benzene rings is 1. The zero-order valence-electron chi connectivity index (χ0n) is 11.6. The van der Waals surface area contributed by atoms with Crippen molar-refractivity contribution in [2.24, 2.45) is 0 Å². The fraction of sp³-hybridized carbons (Fsp3) is 0.429. The molecule has 0 bridgehead atoms. The number of nitrogens with one attached hydrogen (secondary N) is 1. The SMILES string of the molecule is Cc1sc2ccccc2c1S(=O)(=O)NC(C)CCCO. The van der Waals surface area contributed by atoms with Gasteiger partial charge in [-0.2, -0.15) is 0 Å². The van der Waals surface area contributed by atoms with E-state index in [9.17, 15) is 8.42 Å². The van der Waals surface area contributed by atoms with Crippen molar-refractivity contribution in [1.82, 2.24) is 4.72 Å². The zero-order valence-corrected chi connectivity index (χ0v) is 13.2. The maximum absolute atomic E-state index is 12.5. The van der Waals surface area contributed by atoms with E-state index < -0.39 is 10.0 Å². The van der Waals surface area contributed by atoms with Gasteiger partial charge in [0, 0.05) is 27.6 Å². The highest BCUT2D eigenvalue weighted by atomic mass is 32.2. The molecule has 1 unspecified atom stereocenters. The van der Waals surface area contributed by atoms with Crippen LogP contribution < -0.4 is 4.72 Å². The molecule has 2 N–H and O–H groups in total. The first-order chi connectivity index (χ1) is 9.45. The van der Waals surface area contributed by atoms with Gasteiger partial charge in [-0.1, -0.05) is 18.2 Å². The quantitative estimate of drug-likeness (QED) is 0.861. The predicted octanol–water partition coefficient (Wildman–Crippen LogP) is 2.65. The van der Waals surface area contributed by atoms with Crippen LogP contribution in [0.2, 0.25) is 0 Å². The average Bonchev–Trinajstić information content (AvgIpc) is 2.72. The number of aliphatic hydroxyl groups is 1. The minimum absolute atomic E-state index is 0.0759. The largest absolute Gasteiger partial charge is 0.396 e. The second kappa shape index (κ2) is 6.22. The molecule has 2 rings (SSSR count). The molecule has 1 heterocycles. The molecule has 0 radical (unpaired) electrons. The molecule has 2 aromatic rings. The second-order valence-corrected chi connectivity index (χ2v) is 7.78. The van der Waals surface area contributed by atoms with E-state index in [0.717, 1.165) is 15.0 Å². The Morgan fingerprint density at radius 1 is 1.35 bits per heavy atom. The van der Waals surface area contributed by atoms with Crippen LogP contribution in [0.4, 0.5) is 0 Å². The van der Waals surface area contributed by atoms with Crippen molar-refractivity contribution in [1.29, 1.82) is 0 Å². The van der Waals surface area contributed by atoms with Gasteiger partial charge >= 0.3 is 0 Å².